The summed E-state index contributed by atoms with van der Waals surface area (Å²) in [7, 11) is 0. The number of imidazole rings is 1. The molecule has 0 saturated carbocycles. The van der Waals surface area contributed by atoms with E-state index in [1.807, 2.05) is 49.4 Å². The molecule has 3 aromatic rings. The van der Waals surface area contributed by atoms with Crippen LogP contribution >= 0.6 is 11.6 Å². The van der Waals surface area contributed by atoms with Gasteiger partial charge in [-0.15, -0.1) is 0 Å². The second kappa shape index (κ2) is 8.07. The number of halogens is 1. The van der Waals surface area contributed by atoms with Crippen molar-refractivity contribution in [2.75, 3.05) is 6.61 Å². The van der Waals surface area contributed by atoms with Crippen molar-refractivity contribution in [3.63, 3.8) is 0 Å². The Morgan fingerprint density at radius 1 is 1.32 bits per heavy atom. The number of aromatic amines is 1. The molecule has 2 unspecified atom stereocenters. The fourth-order valence-corrected chi connectivity index (χ4v) is 3.66. The van der Waals surface area contributed by atoms with E-state index in [1.54, 1.807) is 12.3 Å². The van der Waals surface area contributed by atoms with Crippen LogP contribution in [0.1, 0.15) is 30.8 Å². The van der Waals surface area contributed by atoms with E-state index in [9.17, 15) is 4.79 Å². The van der Waals surface area contributed by atoms with Gasteiger partial charge in [0.05, 0.1) is 23.9 Å². The summed E-state index contributed by atoms with van der Waals surface area (Å²) in [6.07, 6.45) is 3.16. The lowest BCUT2D eigenvalue weighted by atomic mass is 9.95. The van der Waals surface area contributed by atoms with Crippen LogP contribution in [-0.4, -0.2) is 22.5 Å². The summed E-state index contributed by atoms with van der Waals surface area (Å²) >= 11 is 6.08. The molecule has 0 radical (unpaired) electrons. The molecule has 0 spiro atoms. The molecule has 2 N–H and O–H groups in total. The number of amides is 1. The Hall–Kier alpha value is -2.79. The first-order chi connectivity index (χ1) is 13.6. The SMILES string of the molecule is CCC(NC(=O)C1COc2ccc(Cl)cc2C1)c1ncc(-c2ccccc2)[nH]1. The van der Waals surface area contributed by atoms with Gasteiger partial charge in [-0.25, -0.2) is 4.98 Å². The van der Waals surface area contributed by atoms with Gasteiger partial charge in [-0.1, -0.05) is 48.9 Å². The van der Waals surface area contributed by atoms with Crippen LogP contribution < -0.4 is 10.1 Å². The van der Waals surface area contributed by atoms with Gasteiger partial charge >= 0.3 is 0 Å². The van der Waals surface area contributed by atoms with Crippen molar-refractivity contribution in [3.8, 4) is 17.0 Å². The van der Waals surface area contributed by atoms with Crippen LogP contribution in [0.15, 0.2) is 54.7 Å². The summed E-state index contributed by atoms with van der Waals surface area (Å²) in [6, 6.07) is 15.4. The number of hydrogen-bond donors (Lipinski definition) is 2. The van der Waals surface area contributed by atoms with Crippen LogP contribution in [0.25, 0.3) is 11.3 Å². The van der Waals surface area contributed by atoms with Crippen molar-refractivity contribution in [1.82, 2.24) is 15.3 Å². The molecule has 0 fully saturated rings. The molecule has 1 aliphatic rings. The minimum absolute atomic E-state index is 0.0323. The van der Waals surface area contributed by atoms with Crippen molar-refractivity contribution in [2.45, 2.75) is 25.8 Å². The maximum atomic E-state index is 12.8. The van der Waals surface area contributed by atoms with E-state index < -0.39 is 0 Å². The Kier molecular flexibility index (Phi) is 5.35. The maximum Gasteiger partial charge on any atom is 0.227 e. The van der Waals surface area contributed by atoms with Crippen molar-refractivity contribution in [2.24, 2.45) is 5.92 Å². The molecule has 2 heterocycles. The van der Waals surface area contributed by atoms with E-state index in [-0.39, 0.29) is 17.9 Å². The first-order valence-electron chi connectivity index (χ1n) is 9.46. The van der Waals surface area contributed by atoms with Gasteiger partial charge in [0.2, 0.25) is 5.91 Å². The zero-order valence-electron chi connectivity index (χ0n) is 15.6. The van der Waals surface area contributed by atoms with Crippen LogP contribution in [0.2, 0.25) is 5.02 Å². The molecular formula is C22H22ClN3O2. The highest BCUT2D eigenvalue weighted by molar-refractivity contribution is 6.30. The zero-order chi connectivity index (χ0) is 19.5. The third-order valence-electron chi connectivity index (χ3n) is 5.03. The van der Waals surface area contributed by atoms with E-state index in [1.165, 1.54) is 0 Å². The first-order valence-corrected chi connectivity index (χ1v) is 9.83. The molecule has 6 heteroatoms. The Morgan fingerprint density at radius 3 is 2.93 bits per heavy atom. The molecule has 2 atom stereocenters. The lowest BCUT2D eigenvalue weighted by molar-refractivity contribution is -0.127. The molecule has 5 nitrogen and oxygen atoms in total. The largest absolute Gasteiger partial charge is 0.492 e. The standard InChI is InChI=1S/C22H22ClN3O2/c1-2-18(21-24-12-19(25-21)14-6-4-3-5-7-14)26-22(27)16-10-15-11-17(23)8-9-20(15)28-13-16/h3-9,11-12,16,18H,2,10,13H2,1H3,(H,24,25)(H,26,27). The Balaban J connectivity index is 1.45. The smallest absolute Gasteiger partial charge is 0.227 e. The molecule has 1 aromatic heterocycles. The molecule has 4 rings (SSSR count). The van der Waals surface area contributed by atoms with E-state index in [0.717, 1.165) is 34.8 Å². The topological polar surface area (TPSA) is 67.0 Å². The molecule has 144 valence electrons. The molecule has 0 aliphatic carbocycles. The normalized spacial score (nSPS) is 16.7. The fraction of sp³-hybridized carbons (Fsp3) is 0.273. The highest BCUT2D eigenvalue weighted by Gasteiger charge is 2.28. The number of nitrogens with one attached hydrogen (secondary N) is 2. The van der Waals surface area contributed by atoms with Crippen molar-refractivity contribution >= 4 is 17.5 Å². The van der Waals surface area contributed by atoms with Gasteiger partial charge in [-0.05, 0) is 42.2 Å². The number of hydrogen-bond acceptors (Lipinski definition) is 3. The Morgan fingerprint density at radius 2 is 2.14 bits per heavy atom. The van der Waals surface area contributed by atoms with Gasteiger partial charge in [0.15, 0.2) is 0 Å². The molecule has 1 amide bonds. The van der Waals surface area contributed by atoms with E-state index in [4.69, 9.17) is 16.3 Å². The van der Waals surface area contributed by atoms with Crippen LogP contribution in [0.4, 0.5) is 0 Å². The highest BCUT2D eigenvalue weighted by atomic mass is 35.5. The van der Waals surface area contributed by atoms with Crippen LogP contribution in [-0.2, 0) is 11.2 Å². The van der Waals surface area contributed by atoms with E-state index in [0.29, 0.717) is 18.1 Å². The maximum absolute atomic E-state index is 12.8. The number of fused-ring (bicyclic) bond motifs is 1. The molecule has 0 saturated heterocycles. The van der Waals surface area contributed by atoms with E-state index in [2.05, 4.69) is 15.3 Å². The Labute approximate surface area is 169 Å². The number of nitrogens with zero attached hydrogens (tertiary/aromatic N) is 1. The third-order valence-corrected chi connectivity index (χ3v) is 5.27. The van der Waals surface area contributed by atoms with Gasteiger partial charge in [0.25, 0.3) is 0 Å². The monoisotopic (exact) mass is 395 g/mol. The lowest BCUT2D eigenvalue weighted by Crippen LogP contribution is -2.39. The van der Waals surface area contributed by atoms with Crippen molar-refractivity contribution in [1.29, 1.82) is 0 Å². The number of ether oxygens (including phenoxy) is 1. The van der Waals surface area contributed by atoms with Crippen LogP contribution in [0, 0.1) is 5.92 Å². The second-order valence-corrected chi connectivity index (χ2v) is 7.42. The van der Waals surface area contributed by atoms with Crippen LogP contribution in [0.3, 0.4) is 0 Å². The molecule has 28 heavy (non-hydrogen) atoms. The number of benzene rings is 2. The number of H-pyrrole nitrogens is 1. The lowest BCUT2D eigenvalue weighted by Gasteiger charge is -2.26. The third kappa shape index (κ3) is 3.90. The van der Waals surface area contributed by atoms with Crippen molar-refractivity contribution < 1.29 is 9.53 Å². The van der Waals surface area contributed by atoms with Gasteiger partial charge in [0.1, 0.15) is 18.2 Å². The summed E-state index contributed by atoms with van der Waals surface area (Å²) in [4.78, 5) is 20.7. The first kappa shape index (κ1) is 18.6. The fourth-order valence-electron chi connectivity index (χ4n) is 3.46. The highest BCUT2D eigenvalue weighted by Crippen LogP contribution is 2.30. The average Bonchev–Trinajstić information content (AvgIpc) is 3.22. The summed E-state index contributed by atoms with van der Waals surface area (Å²) in [6.45, 7) is 2.40. The van der Waals surface area contributed by atoms with Gasteiger partial charge < -0.3 is 15.0 Å². The molecular weight excluding hydrogens is 374 g/mol. The van der Waals surface area contributed by atoms with Gasteiger partial charge in [0, 0.05) is 5.02 Å². The average molecular weight is 396 g/mol. The number of rotatable bonds is 5. The quantitative estimate of drug-likeness (QED) is 0.666. The van der Waals surface area contributed by atoms with Gasteiger partial charge in [-0.2, -0.15) is 0 Å². The minimum atomic E-state index is -0.247. The molecule has 0 bridgehead atoms. The van der Waals surface area contributed by atoms with Crippen molar-refractivity contribution in [3.05, 3.63) is 71.1 Å². The predicted octanol–water partition coefficient (Wildman–Crippen LogP) is 4.55. The number of carbonyl (C=O) groups is 1. The predicted molar refractivity (Wildman–Crippen MR) is 109 cm³/mol. The van der Waals surface area contributed by atoms with Crippen LogP contribution in [0.5, 0.6) is 5.75 Å². The summed E-state index contributed by atoms with van der Waals surface area (Å²) in [5.74, 6) is 1.28. The minimum Gasteiger partial charge on any atom is -0.492 e. The number of carbonyl (C=O) groups excluding carboxylic acids is 1. The molecule has 1 aliphatic heterocycles. The van der Waals surface area contributed by atoms with E-state index >= 15 is 0 Å². The Bertz CT molecular complexity index is 971. The van der Waals surface area contributed by atoms with Gasteiger partial charge in [-0.3, -0.25) is 4.79 Å². The summed E-state index contributed by atoms with van der Waals surface area (Å²) in [5.41, 5.74) is 2.97. The molecule has 2 aromatic carbocycles. The summed E-state index contributed by atoms with van der Waals surface area (Å²) in [5, 5.41) is 3.77. The summed E-state index contributed by atoms with van der Waals surface area (Å²) < 4.78 is 5.75. The second-order valence-electron chi connectivity index (χ2n) is 6.98. The number of aromatic nitrogens is 2. The zero-order valence-corrected chi connectivity index (χ0v) is 16.4.